The van der Waals surface area contributed by atoms with Gasteiger partial charge in [-0.3, -0.25) is 9.59 Å². The number of amides is 1. The zero-order valence-electron chi connectivity index (χ0n) is 15.0. The van der Waals surface area contributed by atoms with Crippen molar-refractivity contribution in [1.82, 2.24) is 19.9 Å². The maximum absolute atomic E-state index is 12.6. The average molecular weight is 360 g/mol. The average Bonchev–Trinajstić information content (AvgIpc) is 3.11. The van der Waals surface area contributed by atoms with Crippen LogP contribution in [0.3, 0.4) is 0 Å². The third-order valence-electron chi connectivity index (χ3n) is 4.65. The van der Waals surface area contributed by atoms with Crippen molar-refractivity contribution in [1.29, 1.82) is 0 Å². The Labute approximate surface area is 155 Å². The van der Waals surface area contributed by atoms with Gasteiger partial charge in [-0.1, -0.05) is 30.3 Å². The van der Waals surface area contributed by atoms with E-state index in [1.165, 1.54) is 4.57 Å². The van der Waals surface area contributed by atoms with E-state index in [9.17, 15) is 9.59 Å². The molecule has 1 amide bonds. The molecule has 0 bridgehead atoms. The molecule has 0 unspecified atom stereocenters. The van der Waals surface area contributed by atoms with E-state index >= 15 is 0 Å². The van der Waals surface area contributed by atoms with Gasteiger partial charge in [0.15, 0.2) is 0 Å². The number of hydrogen-bond acceptors (Lipinski definition) is 3. The van der Waals surface area contributed by atoms with Gasteiger partial charge in [0.2, 0.25) is 0 Å². The van der Waals surface area contributed by atoms with Gasteiger partial charge in [0.05, 0.1) is 16.6 Å². The maximum Gasteiger partial charge on any atom is 0.258 e. The summed E-state index contributed by atoms with van der Waals surface area (Å²) in [6.07, 6.45) is 3.12. The van der Waals surface area contributed by atoms with Crippen LogP contribution in [0.25, 0.3) is 21.8 Å². The minimum absolute atomic E-state index is 0.105. The topological polar surface area (TPSA) is 79.8 Å². The highest BCUT2D eigenvalue weighted by Crippen LogP contribution is 2.15. The molecule has 2 aromatic heterocycles. The van der Waals surface area contributed by atoms with Crippen LogP contribution in [0.5, 0.6) is 0 Å². The van der Waals surface area contributed by atoms with Gasteiger partial charge in [-0.25, -0.2) is 4.98 Å². The summed E-state index contributed by atoms with van der Waals surface area (Å²) < 4.78 is 1.45. The number of aryl methyl sites for hydroxylation is 2. The molecule has 0 aliphatic rings. The quantitative estimate of drug-likeness (QED) is 0.537. The van der Waals surface area contributed by atoms with Crippen molar-refractivity contribution in [2.75, 3.05) is 6.54 Å². The maximum atomic E-state index is 12.6. The zero-order valence-corrected chi connectivity index (χ0v) is 15.0. The summed E-state index contributed by atoms with van der Waals surface area (Å²) in [5, 5.41) is 4.17. The van der Waals surface area contributed by atoms with E-state index in [2.05, 4.69) is 15.3 Å². The summed E-state index contributed by atoms with van der Waals surface area (Å²) in [6, 6.07) is 15.1. The fourth-order valence-corrected chi connectivity index (χ4v) is 3.27. The first-order valence-corrected chi connectivity index (χ1v) is 8.93. The van der Waals surface area contributed by atoms with Crippen molar-refractivity contribution < 1.29 is 4.79 Å². The first-order chi connectivity index (χ1) is 13.1. The summed E-state index contributed by atoms with van der Waals surface area (Å²) in [5.41, 5.74) is 2.38. The predicted molar refractivity (Wildman–Crippen MR) is 106 cm³/mol. The summed E-state index contributed by atoms with van der Waals surface area (Å²) in [7, 11) is 1.66. The smallest absolute Gasteiger partial charge is 0.258 e. The van der Waals surface area contributed by atoms with Gasteiger partial charge >= 0.3 is 0 Å². The highest BCUT2D eigenvalue weighted by Gasteiger charge is 2.13. The van der Waals surface area contributed by atoms with E-state index in [1.54, 1.807) is 31.4 Å². The molecule has 2 heterocycles. The Morgan fingerprint density at radius 3 is 2.67 bits per heavy atom. The molecule has 0 saturated heterocycles. The number of imidazole rings is 1. The largest absolute Gasteiger partial charge is 0.352 e. The number of benzene rings is 2. The van der Waals surface area contributed by atoms with E-state index in [4.69, 9.17) is 0 Å². The van der Waals surface area contributed by atoms with Crippen molar-refractivity contribution in [2.45, 2.75) is 12.8 Å². The molecule has 4 rings (SSSR count). The molecular formula is C21H20N4O2. The molecule has 0 spiro atoms. The lowest BCUT2D eigenvalue weighted by molar-refractivity contribution is 0.0954. The lowest BCUT2D eigenvalue weighted by atomic mass is 10.1. The van der Waals surface area contributed by atoms with Gasteiger partial charge in [0, 0.05) is 37.0 Å². The predicted octanol–water partition coefficient (Wildman–Crippen LogP) is 2.78. The van der Waals surface area contributed by atoms with E-state index in [1.807, 2.05) is 30.3 Å². The molecule has 27 heavy (non-hydrogen) atoms. The number of hydrogen-bond donors (Lipinski definition) is 2. The molecule has 0 atom stereocenters. The van der Waals surface area contributed by atoms with Crippen molar-refractivity contribution in [3.05, 3.63) is 76.5 Å². The first-order valence-electron chi connectivity index (χ1n) is 8.93. The minimum Gasteiger partial charge on any atom is -0.352 e. The fraction of sp³-hybridized carbons (Fsp3) is 0.190. The highest BCUT2D eigenvalue weighted by molar-refractivity contribution is 6.06. The van der Waals surface area contributed by atoms with Crippen molar-refractivity contribution in [3.63, 3.8) is 0 Å². The number of para-hydroxylation sites is 2. The van der Waals surface area contributed by atoms with Crippen LogP contribution in [0, 0.1) is 0 Å². The minimum atomic E-state index is -0.175. The van der Waals surface area contributed by atoms with E-state index < -0.39 is 0 Å². The van der Waals surface area contributed by atoms with E-state index in [0.29, 0.717) is 22.9 Å². The van der Waals surface area contributed by atoms with Crippen molar-refractivity contribution in [3.8, 4) is 0 Å². The lowest BCUT2D eigenvalue weighted by Gasteiger charge is -2.09. The van der Waals surface area contributed by atoms with Crippen LogP contribution in [0.2, 0.25) is 0 Å². The zero-order chi connectivity index (χ0) is 18.8. The van der Waals surface area contributed by atoms with E-state index in [-0.39, 0.29) is 11.5 Å². The van der Waals surface area contributed by atoms with Crippen LogP contribution in [0.4, 0.5) is 0 Å². The molecular weight excluding hydrogens is 340 g/mol. The van der Waals surface area contributed by atoms with Gasteiger partial charge in [-0.15, -0.1) is 0 Å². The number of nitrogens with one attached hydrogen (secondary N) is 2. The summed E-state index contributed by atoms with van der Waals surface area (Å²) in [6.45, 7) is 0.535. The van der Waals surface area contributed by atoms with Gasteiger partial charge in [0.25, 0.3) is 11.5 Å². The third-order valence-corrected chi connectivity index (χ3v) is 4.65. The van der Waals surface area contributed by atoms with Crippen LogP contribution in [0.1, 0.15) is 22.6 Å². The standard InChI is InChI=1S/C21H20N4O2/c1-25-13-16(14-7-2-3-8-15(14)21(25)27)20(26)22-12-6-11-19-23-17-9-4-5-10-18(17)24-19/h2-5,7-10,13H,6,11-12H2,1H3,(H,22,26)(H,23,24). The summed E-state index contributed by atoms with van der Waals surface area (Å²) >= 11 is 0. The van der Waals surface area contributed by atoms with Crippen molar-refractivity contribution in [2.24, 2.45) is 7.05 Å². The molecule has 0 fully saturated rings. The second kappa shape index (κ2) is 7.07. The molecule has 6 nitrogen and oxygen atoms in total. The van der Waals surface area contributed by atoms with Crippen LogP contribution >= 0.6 is 0 Å². The van der Waals surface area contributed by atoms with E-state index in [0.717, 1.165) is 29.7 Å². The van der Waals surface area contributed by atoms with Crippen LogP contribution in [-0.4, -0.2) is 27.0 Å². The number of fused-ring (bicyclic) bond motifs is 2. The molecule has 0 radical (unpaired) electrons. The first kappa shape index (κ1) is 17.0. The van der Waals surface area contributed by atoms with Crippen LogP contribution in [-0.2, 0) is 13.5 Å². The van der Waals surface area contributed by atoms with Gasteiger partial charge in [-0.05, 0) is 24.6 Å². The Bertz CT molecular complexity index is 1160. The van der Waals surface area contributed by atoms with Crippen molar-refractivity contribution >= 4 is 27.7 Å². The molecule has 136 valence electrons. The second-order valence-corrected chi connectivity index (χ2v) is 6.56. The Morgan fingerprint density at radius 2 is 1.85 bits per heavy atom. The number of rotatable bonds is 5. The number of pyridine rings is 1. The SMILES string of the molecule is Cn1cc(C(=O)NCCCc2nc3ccccc3[nH]2)c2ccccc2c1=O. The molecule has 2 aromatic carbocycles. The Kier molecular flexibility index (Phi) is 4.46. The Balaban J connectivity index is 1.43. The van der Waals surface area contributed by atoms with Gasteiger partial charge < -0.3 is 14.9 Å². The monoisotopic (exact) mass is 360 g/mol. The number of H-pyrrole nitrogens is 1. The molecule has 6 heteroatoms. The molecule has 0 saturated carbocycles. The number of aromatic amines is 1. The molecule has 2 N–H and O–H groups in total. The summed E-state index contributed by atoms with van der Waals surface area (Å²) in [4.78, 5) is 32.7. The number of carbonyl (C=O) groups excluding carboxylic acids is 1. The van der Waals surface area contributed by atoms with Crippen LogP contribution in [0.15, 0.2) is 59.5 Å². The van der Waals surface area contributed by atoms with Gasteiger partial charge in [-0.2, -0.15) is 0 Å². The fourth-order valence-electron chi connectivity index (χ4n) is 3.27. The summed E-state index contributed by atoms with van der Waals surface area (Å²) in [5.74, 6) is 0.740. The molecule has 0 aliphatic heterocycles. The molecule has 4 aromatic rings. The van der Waals surface area contributed by atoms with Crippen LogP contribution < -0.4 is 10.9 Å². The second-order valence-electron chi connectivity index (χ2n) is 6.56. The lowest BCUT2D eigenvalue weighted by Crippen LogP contribution is -2.27. The third kappa shape index (κ3) is 3.33. The Morgan fingerprint density at radius 1 is 1.11 bits per heavy atom. The van der Waals surface area contributed by atoms with Gasteiger partial charge in [0.1, 0.15) is 5.82 Å². The molecule has 0 aliphatic carbocycles. The highest BCUT2D eigenvalue weighted by atomic mass is 16.2. The number of carbonyl (C=O) groups is 1. The number of aromatic nitrogens is 3. The number of nitrogens with zero attached hydrogens (tertiary/aromatic N) is 2. The Hall–Kier alpha value is -3.41. The normalized spacial score (nSPS) is 11.1.